The Balaban J connectivity index is 1.27. The second kappa shape index (κ2) is 10.4. The van der Waals surface area contributed by atoms with Crippen molar-refractivity contribution in [3.05, 3.63) is 56.8 Å². The molecule has 10 nitrogen and oxygen atoms in total. The zero-order chi connectivity index (χ0) is 23.4. The minimum Gasteiger partial charge on any atom is -0.462 e. The number of benzene rings is 1. The Hall–Kier alpha value is -2.86. The first-order valence-corrected chi connectivity index (χ1v) is 11.8. The summed E-state index contributed by atoms with van der Waals surface area (Å²) in [6, 6.07) is 8.55. The SMILES string of the molecule is O=C(CCN=c1nnc2cc(Br)ccc2n1O)OC1CCN(C(=O)c2ccnc(Br)c2)CC1. The van der Waals surface area contributed by atoms with Gasteiger partial charge >= 0.3 is 5.97 Å². The number of pyridine rings is 1. The van der Waals surface area contributed by atoms with Crippen LogP contribution in [-0.4, -0.2) is 67.6 Å². The molecule has 0 atom stereocenters. The summed E-state index contributed by atoms with van der Waals surface area (Å²) in [6.07, 6.45) is 2.53. The van der Waals surface area contributed by atoms with Gasteiger partial charge in [0.15, 0.2) is 0 Å². The van der Waals surface area contributed by atoms with Crippen LogP contribution in [-0.2, 0) is 9.53 Å². The van der Waals surface area contributed by atoms with E-state index in [9.17, 15) is 14.8 Å². The molecule has 0 saturated carbocycles. The highest BCUT2D eigenvalue weighted by molar-refractivity contribution is 9.10. The fourth-order valence-electron chi connectivity index (χ4n) is 3.49. The van der Waals surface area contributed by atoms with Gasteiger partial charge in [0, 0.05) is 42.2 Å². The average molecular weight is 580 g/mol. The smallest absolute Gasteiger partial charge is 0.307 e. The summed E-state index contributed by atoms with van der Waals surface area (Å²) < 4.78 is 7.80. The van der Waals surface area contributed by atoms with Crippen molar-refractivity contribution in [1.29, 1.82) is 0 Å². The van der Waals surface area contributed by atoms with E-state index in [2.05, 4.69) is 52.0 Å². The van der Waals surface area contributed by atoms with Crippen molar-refractivity contribution in [2.45, 2.75) is 25.4 Å². The summed E-state index contributed by atoms with van der Waals surface area (Å²) >= 11 is 6.61. The van der Waals surface area contributed by atoms with Gasteiger partial charge in [-0.1, -0.05) is 15.9 Å². The lowest BCUT2D eigenvalue weighted by atomic mass is 10.1. The maximum Gasteiger partial charge on any atom is 0.307 e. The maximum absolute atomic E-state index is 12.6. The number of amides is 1. The molecule has 0 bridgehead atoms. The zero-order valence-electron chi connectivity index (χ0n) is 17.4. The first kappa shape index (κ1) is 23.3. The molecule has 1 aliphatic rings. The summed E-state index contributed by atoms with van der Waals surface area (Å²) in [6.45, 7) is 1.12. The Morgan fingerprint density at radius 2 is 1.94 bits per heavy atom. The molecule has 3 heterocycles. The number of hydrogen-bond acceptors (Lipinski definition) is 8. The molecule has 4 rings (SSSR count). The van der Waals surface area contributed by atoms with Crippen LogP contribution in [0, 0.1) is 0 Å². The van der Waals surface area contributed by atoms with Crippen LogP contribution in [0.2, 0.25) is 0 Å². The van der Waals surface area contributed by atoms with Gasteiger partial charge in [-0.2, -0.15) is 0 Å². The van der Waals surface area contributed by atoms with Crippen LogP contribution < -0.4 is 5.62 Å². The molecule has 172 valence electrons. The summed E-state index contributed by atoms with van der Waals surface area (Å²) in [4.78, 5) is 34.8. The molecular formula is C21H20Br2N6O4. The van der Waals surface area contributed by atoms with E-state index in [1.807, 2.05) is 0 Å². The van der Waals surface area contributed by atoms with Crippen LogP contribution in [0.1, 0.15) is 29.6 Å². The fraction of sp³-hybridized carbons (Fsp3) is 0.333. The predicted octanol–water partition coefficient (Wildman–Crippen LogP) is 2.73. The first-order chi connectivity index (χ1) is 15.9. The summed E-state index contributed by atoms with van der Waals surface area (Å²) in [5.41, 5.74) is 1.54. The monoisotopic (exact) mass is 578 g/mol. The Labute approximate surface area is 205 Å². The summed E-state index contributed by atoms with van der Waals surface area (Å²) in [5, 5.41) is 18.2. The number of fused-ring (bicyclic) bond motifs is 1. The zero-order valence-corrected chi connectivity index (χ0v) is 20.6. The van der Waals surface area contributed by atoms with Crippen LogP contribution in [0.15, 0.2) is 50.6 Å². The van der Waals surface area contributed by atoms with Crippen molar-refractivity contribution >= 4 is 54.8 Å². The normalized spacial score (nSPS) is 15.1. The molecular weight excluding hydrogens is 560 g/mol. The van der Waals surface area contributed by atoms with Crippen molar-refractivity contribution in [3.8, 4) is 0 Å². The van der Waals surface area contributed by atoms with Gasteiger partial charge in [0.05, 0.1) is 13.0 Å². The van der Waals surface area contributed by atoms with Crippen molar-refractivity contribution in [2.24, 2.45) is 4.99 Å². The topological polar surface area (TPSA) is 123 Å². The van der Waals surface area contributed by atoms with Crippen LogP contribution >= 0.6 is 31.9 Å². The van der Waals surface area contributed by atoms with Crippen molar-refractivity contribution in [1.82, 2.24) is 24.8 Å². The largest absolute Gasteiger partial charge is 0.462 e. The fourth-order valence-corrected chi connectivity index (χ4v) is 4.20. The number of halogens is 2. The molecule has 1 aromatic carbocycles. The van der Waals surface area contributed by atoms with E-state index in [1.54, 1.807) is 41.4 Å². The van der Waals surface area contributed by atoms with Crippen LogP contribution in [0.5, 0.6) is 0 Å². The quantitative estimate of drug-likeness (QED) is 0.280. The first-order valence-electron chi connectivity index (χ1n) is 10.3. The lowest BCUT2D eigenvalue weighted by molar-refractivity contribution is -0.150. The molecule has 12 heteroatoms. The molecule has 1 N–H and O–H groups in total. The van der Waals surface area contributed by atoms with Gasteiger partial charge in [-0.3, -0.25) is 9.59 Å². The number of nitrogens with zero attached hydrogens (tertiary/aromatic N) is 6. The third kappa shape index (κ3) is 5.74. The molecule has 0 radical (unpaired) electrons. The summed E-state index contributed by atoms with van der Waals surface area (Å²) in [7, 11) is 0. The van der Waals surface area contributed by atoms with Gasteiger partial charge in [0.25, 0.3) is 11.5 Å². The number of aromatic nitrogens is 4. The number of carbonyl (C=O) groups is 2. The number of hydrogen-bond donors (Lipinski definition) is 1. The molecule has 3 aromatic rings. The van der Waals surface area contributed by atoms with E-state index < -0.39 is 0 Å². The van der Waals surface area contributed by atoms with E-state index in [1.165, 1.54) is 0 Å². The minimum absolute atomic E-state index is 0.00666. The highest BCUT2D eigenvalue weighted by Crippen LogP contribution is 2.18. The van der Waals surface area contributed by atoms with Crippen molar-refractivity contribution in [2.75, 3.05) is 19.6 Å². The van der Waals surface area contributed by atoms with Crippen LogP contribution in [0.3, 0.4) is 0 Å². The van der Waals surface area contributed by atoms with E-state index in [-0.39, 0.29) is 36.6 Å². The van der Waals surface area contributed by atoms with Gasteiger partial charge in [-0.05, 0) is 46.3 Å². The second-order valence-electron chi connectivity index (χ2n) is 7.43. The van der Waals surface area contributed by atoms with Gasteiger partial charge in [0.2, 0.25) is 0 Å². The molecule has 0 aliphatic carbocycles. The molecule has 1 amide bonds. The number of piperidine rings is 1. The Kier molecular flexibility index (Phi) is 7.33. The van der Waals surface area contributed by atoms with E-state index >= 15 is 0 Å². The molecule has 0 spiro atoms. The highest BCUT2D eigenvalue weighted by Gasteiger charge is 2.26. The minimum atomic E-state index is -0.385. The molecule has 2 aromatic heterocycles. The molecule has 1 saturated heterocycles. The standard InChI is InChI=1S/C21H20Br2N6O4/c22-14-1-2-17-16(12-14)26-27-21(29(17)32)25-8-4-19(30)33-15-5-9-28(10-6-15)20(31)13-3-7-24-18(23)11-13/h1-3,7,11-12,15,32H,4-6,8-10H2. The summed E-state index contributed by atoms with van der Waals surface area (Å²) in [5.74, 6) is -0.452. The Morgan fingerprint density at radius 1 is 1.15 bits per heavy atom. The number of carbonyl (C=O) groups excluding carboxylic acids is 2. The average Bonchev–Trinajstić information content (AvgIpc) is 2.80. The number of esters is 1. The van der Waals surface area contributed by atoms with E-state index in [0.29, 0.717) is 47.1 Å². The molecule has 1 fully saturated rings. The number of rotatable bonds is 5. The van der Waals surface area contributed by atoms with E-state index in [4.69, 9.17) is 4.74 Å². The van der Waals surface area contributed by atoms with Gasteiger partial charge in [0.1, 0.15) is 21.7 Å². The van der Waals surface area contributed by atoms with Crippen LogP contribution in [0.25, 0.3) is 11.0 Å². The maximum atomic E-state index is 12.6. The molecule has 1 aliphatic heterocycles. The van der Waals surface area contributed by atoms with Gasteiger partial charge in [-0.15, -0.1) is 14.9 Å². The van der Waals surface area contributed by atoms with Crippen molar-refractivity contribution in [3.63, 3.8) is 0 Å². The molecule has 33 heavy (non-hydrogen) atoms. The third-order valence-corrected chi connectivity index (χ3v) is 6.10. The predicted molar refractivity (Wildman–Crippen MR) is 124 cm³/mol. The number of ether oxygens (including phenoxy) is 1. The van der Waals surface area contributed by atoms with Gasteiger partial charge < -0.3 is 14.8 Å². The Morgan fingerprint density at radius 3 is 2.70 bits per heavy atom. The van der Waals surface area contributed by atoms with Crippen molar-refractivity contribution < 1.29 is 19.5 Å². The lowest BCUT2D eigenvalue weighted by Crippen LogP contribution is -2.41. The molecule has 0 unspecified atom stereocenters. The van der Waals surface area contributed by atoms with Gasteiger partial charge in [-0.25, -0.2) is 9.98 Å². The highest BCUT2D eigenvalue weighted by atomic mass is 79.9. The Bertz CT molecular complexity index is 1260. The van der Waals surface area contributed by atoms with E-state index in [0.717, 1.165) is 9.20 Å². The third-order valence-electron chi connectivity index (χ3n) is 5.17. The lowest BCUT2D eigenvalue weighted by Gasteiger charge is -2.31. The van der Waals surface area contributed by atoms with Crippen LogP contribution in [0.4, 0.5) is 0 Å². The number of likely N-dealkylation sites (tertiary alicyclic amines) is 1. The second-order valence-corrected chi connectivity index (χ2v) is 9.15.